The van der Waals surface area contributed by atoms with Crippen LogP contribution in [0.1, 0.15) is 70.1 Å². The van der Waals surface area contributed by atoms with Crippen molar-refractivity contribution in [2.45, 2.75) is 89.3 Å². The molecule has 1 aromatic heterocycles. The van der Waals surface area contributed by atoms with Gasteiger partial charge in [-0.1, -0.05) is 83.4 Å². The molecule has 7 rings (SSSR count). The quantitative estimate of drug-likeness (QED) is 0.196. The first kappa shape index (κ1) is 36.2. The predicted molar refractivity (Wildman–Crippen MR) is 201 cm³/mol. The smallest absolute Gasteiger partial charge is 0.411 e. The summed E-state index contributed by atoms with van der Waals surface area (Å²) in [5.74, 6) is -1.15. The Morgan fingerprint density at radius 2 is 1.58 bits per heavy atom. The van der Waals surface area contributed by atoms with Gasteiger partial charge in [0, 0.05) is 53.8 Å². The lowest BCUT2D eigenvalue weighted by Gasteiger charge is -2.38. The minimum Gasteiger partial charge on any atom is -0.436 e. The Hall–Kier alpha value is -5.14. The van der Waals surface area contributed by atoms with E-state index < -0.39 is 36.2 Å². The summed E-state index contributed by atoms with van der Waals surface area (Å²) in [6.07, 6.45) is 1.22. The maximum Gasteiger partial charge on any atom is 0.411 e. The van der Waals surface area contributed by atoms with Gasteiger partial charge >= 0.3 is 6.09 Å². The molecule has 0 saturated carbocycles. The lowest BCUT2D eigenvalue weighted by atomic mass is 9.96. The van der Waals surface area contributed by atoms with E-state index in [-0.39, 0.29) is 36.9 Å². The number of benzene rings is 3. The minimum atomic E-state index is -0.967. The summed E-state index contributed by atoms with van der Waals surface area (Å²) in [7, 11) is 0. The number of fused-ring (bicyclic) bond motifs is 4. The molecule has 4 amide bonds. The number of hydrogen-bond donors (Lipinski definition) is 2. The molecular formula is C40H44N6O6S. The molecule has 12 nitrogen and oxygen atoms in total. The molecular weight excluding hydrogens is 693 g/mol. The highest BCUT2D eigenvalue weighted by molar-refractivity contribution is 7.10. The number of nitrogens with zero attached hydrogens (tertiary/aromatic N) is 4. The second kappa shape index (κ2) is 15.8. The Morgan fingerprint density at radius 3 is 2.26 bits per heavy atom. The van der Waals surface area contributed by atoms with Crippen molar-refractivity contribution in [3.05, 3.63) is 90.0 Å². The highest BCUT2D eigenvalue weighted by atomic mass is 32.1. The number of amides is 4. The first-order valence-corrected chi connectivity index (χ1v) is 19.1. The monoisotopic (exact) mass is 736 g/mol. The number of anilines is 1. The molecule has 1 aliphatic carbocycles. The molecule has 3 heterocycles. The van der Waals surface area contributed by atoms with E-state index in [9.17, 15) is 19.2 Å². The molecule has 2 N–H and O–H groups in total. The second-order valence-electron chi connectivity index (χ2n) is 13.7. The van der Waals surface area contributed by atoms with Crippen molar-refractivity contribution in [3.63, 3.8) is 0 Å². The normalized spacial score (nSPS) is 21.4. The van der Waals surface area contributed by atoms with E-state index >= 15 is 0 Å². The summed E-state index contributed by atoms with van der Waals surface area (Å²) in [6.45, 7) is 5.99. The van der Waals surface area contributed by atoms with Gasteiger partial charge in [0.05, 0.1) is 6.10 Å². The second-order valence-corrected chi connectivity index (χ2v) is 14.4. The first-order valence-electron chi connectivity index (χ1n) is 18.4. The molecule has 2 aliphatic heterocycles. The van der Waals surface area contributed by atoms with E-state index in [1.807, 2.05) is 85.8 Å². The van der Waals surface area contributed by atoms with Gasteiger partial charge in [-0.05, 0) is 57.6 Å². The highest BCUT2D eigenvalue weighted by Gasteiger charge is 2.46. The molecule has 0 bridgehead atoms. The number of aromatic nitrogens is 2. The zero-order valence-corrected chi connectivity index (χ0v) is 30.9. The van der Waals surface area contributed by atoms with E-state index in [4.69, 9.17) is 9.47 Å². The molecule has 3 aromatic carbocycles. The van der Waals surface area contributed by atoms with E-state index in [0.29, 0.717) is 43.0 Å². The van der Waals surface area contributed by atoms with Crippen molar-refractivity contribution in [2.24, 2.45) is 0 Å². The van der Waals surface area contributed by atoms with Crippen LogP contribution in [0.3, 0.4) is 0 Å². The Balaban J connectivity index is 1.07. The largest absolute Gasteiger partial charge is 0.436 e. The van der Waals surface area contributed by atoms with E-state index in [0.717, 1.165) is 39.3 Å². The summed E-state index contributed by atoms with van der Waals surface area (Å²) in [5, 5.41) is 10.7. The van der Waals surface area contributed by atoms with Crippen molar-refractivity contribution in [1.29, 1.82) is 0 Å². The van der Waals surface area contributed by atoms with Crippen molar-refractivity contribution in [3.8, 4) is 22.4 Å². The molecule has 276 valence electrons. The Kier molecular flexibility index (Phi) is 10.8. The standard InChI is InChI=1S/C40H44N6O6S/c1-4-45(40(50)52-35-30-17-11-9-15-28(30)29-16-10-12-18-31(29)35)24(3)36(47)41-32-23-27(51-5-2)21-19-26-20-22-33(46(26)39(32)49)37(48)42-38-34(43-44-53-38)25-13-7-6-8-14-25/h6-18,24,26-27,32-33,35H,4-5,19-23H2,1-3H3,(H,41,47)(H,42,48)/t24-,26-,27?,32-,33-/m0/s1. The molecule has 0 spiro atoms. The fraction of sp³-hybridized carbons (Fsp3) is 0.400. The zero-order valence-electron chi connectivity index (χ0n) is 30.1. The molecule has 5 atom stereocenters. The first-order chi connectivity index (χ1) is 25.8. The highest BCUT2D eigenvalue weighted by Crippen LogP contribution is 2.45. The van der Waals surface area contributed by atoms with Crippen molar-refractivity contribution in [1.82, 2.24) is 24.7 Å². The fourth-order valence-corrected chi connectivity index (χ4v) is 8.55. The lowest BCUT2D eigenvalue weighted by molar-refractivity contribution is -0.145. The van der Waals surface area contributed by atoms with Crippen LogP contribution < -0.4 is 10.6 Å². The molecule has 4 aromatic rings. The van der Waals surface area contributed by atoms with Crippen molar-refractivity contribution < 1.29 is 28.7 Å². The predicted octanol–water partition coefficient (Wildman–Crippen LogP) is 6.19. The third-order valence-corrected chi connectivity index (χ3v) is 11.2. The van der Waals surface area contributed by atoms with Crippen LogP contribution in [0.15, 0.2) is 78.9 Å². The van der Waals surface area contributed by atoms with Crippen LogP contribution in [0.5, 0.6) is 0 Å². The van der Waals surface area contributed by atoms with Gasteiger partial charge in [0.2, 0.25) is 17.7 Å². The third kappa shape index (κ3) is 7.27. The van der Waals surface area contributed by atoms with Crippen LogP contribution in [-0.4, -0.2) is 86.6 Å². The number of rotatable bonds is 10. The summed E-state index contributed by atoms with van der Waals surface area (Å²) >= 11 is 1.08. The van der Waals surface area contributed by atoms with E-state index in [1.54, 1.807) is 18.7 Å². The van der Waals surface area contributed by atoms with Crippen LogP contribution in [0, 0.1) is 0 Å². The molecule has 2 fully saturated rings. The van der Waals surface area contributed by atoms with Gasteiger partial charge in [0.25, 0.3) is 0 Å². The Morgan fingerprint density at radius 1 is 0.925 bits per heavy atom. The average molecular weight is 737 g/mol. The van der Waals surface area contributed by atoms with Crippen molar-refractivity contribution >= 4 is 40.3 Å². The Bertz CT molecular complexity index is 1930. The zero-order chi connectivity index (χ0) is 37.1. The van der Waals surface area contributed by atoms with E-state index in [2.05, 4.69) is 20.2 Å². The van der Waals surface area contributed by atoms with Gasteiger partial charge in [-0.25, -0.2) is 4.79 Å². The summed E-state index contributed by atoms with van der Waals surface area (Å²) in [6, 6.07) is 22.3. The molecule has 2 saturated heterocycles. The topological polar surface area (TPSA) is 143 Å². The SMILES string of the molecule is CCOC1CC[C@H]2CC[C@@H](C(=O)Nc3snnc3-c3ccccc3)N2C(=O)[C@@H](NC(=O)[C@H](C)N(CC)C(=O)OC2c3ccccc3-c3ccccc32)C1. The number of likely N-dealkylation sites (N-methyl/N-ethyl adjacent to an activating group) is 1. The summed E-state index contributed by atoms with van der Waals surface area (Å²) in [5.41, 5.74) is 5.18. The van der Waals surface area contributed by atoms with Crippen LogP contribution >= 0.6 is 11.5 Å². The maximum absolute atomic E-state index is 14.5. The number of carbonyl (C=O) groups is 4. The van der Waals surface area contributed by atoms with E-state index in [1.165, 1.54) is 4.90 Å². The van der Waals surface area contributed by atoms with Crippen LogP contribution in [-0.2, 0) is 23.9 Å². The van der Waals surface area contributed by atoms with Gasteiger partial charge in [-0.2, -0.15) is 0 Å². The van der Waals surface area contributed by atoms with Gasteiger partial charge in [0.1, 0.15) is 28.8 Å². The van der Waals surface area contributed by atoms with Gasteiger partial charge in [-0.3, -0.25) is 19.3 Å². The average Bonchev–Trinajstić information content (AvgIpc) is 3.90. The molecule has 13 heteroatoms. The maximum atomic E-state index is 14.5. The van der Waals surface area contributed by atoms with Crippen LogP contribution in [0.2, 0.25) is 0 Å². The number of carbonyl (C=O) groups excluding carboxylic acids is 4. The Labute approximate surface area is 313 Å². The molecule has 1 unspecified atom stereocenters. The summed E-state index contributed by atoms with van der Waals surface area (Å²) in [4.78, 5) is 59.1. The van der Waals surface area contributed by atoms with Crippen LogP contribution in [0.25, 0.3) is 22.4 Å². The van der Waals surface area contributed by atoms with Gasteiger partial charge in [0.15, 0.2) is 6.10 Å². The summed E-state index contributed by atoms with van der Waals surface area (Å²) < 4.78 is 16.2. The van der Waals surface area contributed by atoms with Crippen LogP contribution in [0.4, 0.5) is 9.80 Å². The number of hydrogen-bond acceptors (Lipinski definition) is 9. The van der Waals surface area contributed by atoms with Gasteiger partial charge < -0.3 is 25.0 Å². The minimum absolute atomic E-state index is 0.189. The number of ether oxygens (including phenoxy) is 2. The van der Waals surface area contributed by atoms with Crippen molar-refractivity contribution in [2.75, 3.05) is 18.5 Å². The molecule has 0 radical (unpaired) electrons. The number of nitrogens with one attached hydrogen (secondary N) is 2. The molecule has 53 heavy (non-hydrogen) atoms. The lowest BCUT2D eigenvalue weighted by Crippen LogP contribution is -2.59. The third-order valence-electron chi connectivity index (χ3n) is 10.6. The fourth-order valence-electron chi connectivity index (χ4n) is 7.96. The van der Waals surface area contributed by atoms with Gasteiger partial charge in [-0.15, -0.1) is 5.10 Å². The molecule has 3 aliphatic rings.